The lowest BCUT2D eigenvalue weighted by Crippen LogP contribution is -2.12. The summed E-state index contributed by atoms with van der Waals surface area (Å²) in [5.74, 6) is 0. The zero-order valence-electron chi connectivity index (χ0n) is 18.0. The van der Waals surface area contributed by atoms with E-state index in [0.717, 1.165) is 0 Å². The van der Waals surface area contributed by atoms with Crippen LogP contribution in [0.25, 0.3) is 0 Å². The fraction of sp³-hybridized carbons (Fsp3) is 0.957. The smallest absolute Gasteiger partial charge is 0.0431 e. The van der Waals surface area contributed by atoms with Crippen molar-refractivity contribution in [2.24, 2.45) is 0 Å². The molecule has 0 unspecified atom stereocenters. The van der Waals surface area contributed by atoms with Crippen molar-refractivity contribution in [2.45, 2.75) is 116 Å². The van der Waals surface area contributed by atoms with Gasteiger partial charge in [-0.2, -0.15) is 0 Å². The molecule has 0 aromatic heterocycles. The van der Waals surface area contributed by atoms with Crippen molar-refractivity contribution in [3.05, 3.63) is 6.92 Å². The second kappa shape index (κ2) is 26.2. The third-order valence-electron chi connectivity index (χ3n) is 4.62. The van der Waals surface area contributed by atoms with Gasteiger partial charge in [0, 0.05) is 6.61 Å². The van der Waals surface area contributed by atoms with Crippen LogP contribution < -0.4 is 0 Å². The van der Waals surface area contributed by atoms with Crippen LogP contribution >= 0.6 is 0 Å². The fourth-order valence-electron chi connectivity index (χ4n) is 2.98. The van der Waals surface area contributed by atoms with E-state index < -0.39 is 0 Å². The Bertz CT molecular complexity index is 204. The van der Waals surface area contributed by atoms with Gasteiger partial charge < -0.3 is 10.0 Å². The van der Waals surface area contributed by atoms with Gasteiger partial charge in [0.05, 0.1) is 0 Å². The van der Waals surface area contributed by atoms with Gasteiger partial charge in [-0.05, 0) is 33.5 Å². The summed E-state index contributed by atoms with van der Waals surface area (Å²) in [7, 11) is 4.34. The highest BCUT2D eigenvalue weighted by Gasteiger charge is 1.95. The van der Waals surface area contributed by atoms with Gasteiger partial charge in [0.1, 0.15) is 0 Å². The molecule has 0 saturated carbocycles. The lowest BCUT2D eigenvalue weighted by molar-refractivity contribution is 0.302. The third-order valence-corrected chi connectivity index (χ3v) is 4.62. The Morgan fingerprint density at radius 1 is 0.600 bits per heavy atom. The Morgan fingerprint density at radius 2 is 0.880 bits per heavy atom. The lowest BCUT2D eigenvalue weighted by Gasteiger charge is -2.08. The van der Waals surface area contributed by atoms with Crippen molar-refractivity contribution in [1.29, 1.82) is 0 Å². The van der Waals surface area contributed by atoms with Crippen molar-refractivity contribution in [1.82, 2.24) is 4.90 Å². The van der Waals surface area contributed by atoms with E-state index in [1.807, 2.05) is 0 Å². The van der Waals surface area contributed by atoms with Crippen LogP contribution in [0.1, 0.15) is 116 Å². The van der Waals surface area contributed by atoms with E-state index in [2.05, 4.69) is 32.8 Å². The normalized spacial score (nSPS) is 10.8. The minimum absolute atomic E-state index is 0.208. The molecule has 153 valence electrons. The molecule has 0 spiro atoms. The summed E-state index contributed by atoms with van der Waals surface area (Å²) in [5.41, 5.74) is 0. The van der Waals surface area contributed by atoms with Gasteiger partial charge in [-0.25, -0.2) is 0 Å². The van der Waals surface area contributed by atoms with E-state index in [-0.39, 0.29) is 6.61 Å². The molecule has 0 saturated heterocycles. The highest BCUT2D eigenvalue weighted by atomic mass is 16.2. The Kier molecular flexibility index (Phi) is 28.4. The minimum Gasteiger partial charge on any atom is -0.396 e. The van der Waals surface area contributed by atoms with Crippen LogP contribution in [0, 0.1) is 6.92 Å². The quantitative estimate of drug-likeness (QED) is 0.267. The Morgan fingerprint density at radius 3 is 1.12 bits per heavy atom. The summed E-state index contributed by atoms with van der Waals surface area (Å²) < 4.78 is 0. The molecule has 0 aromatic rings. The van der Waals surface area contributed by atoms with Gasteiger partial charge >= 0.3 is 0 Å². The lowest BCUT2D eigenvalue weighted by atomic mass is 10.0. The number of hydrogen-bond donors (Lipinski definition) is 1. The highest BCUT2D eigenvalue weighted by molar-refractivity contribution is 4.50. The zero-order valence-corrected chi connectivity index (χ0v) is 18.0. The highest BCUT2D eigenvalue weighted by Crippen LogP contribution is 2.13. The van der Waals surface area contributed by atoms with Crippen LogP contribution in [0.15, 0.2) is 0 Å². The maximum absolute atomic E-state index is 7.81. The maximum atomic E-state index is 7.81. The number of hydrogen-bond acceptors (Lipinski definition) is 2. The molecule has 2 heteroatoms. The molecule has 2 nitrogen and oxygen atoms in total. The van der Waals surface area contributed by atoms with Crippen LogP contribution in [0.4, 0.5) is 0 Å². The van der Waals surface area contributed by atoms with E-state index >= 15 is 0 Å². The molecule has 0 aliphatic carbocycles. The van der Waals surface area contributed by atoms with Crippen LogP contribution in [-0.4, -0.2) is 37.3 Å². The van der Waals surface area contributed by atoms with Gasteiger partial charge in [-0.3, -0.25) is 0 Å². The van der Waals surface area contributed by atoms with E-state index in [0.29, 0.717) is 6.42 Å². The average molecular weight is 357 g/mol. The van der Waals surface area contributed by atoms with Crippen molar-refractivity contribution in [2.75, 3.05) is 27.2 Å². The van der Waals surface area contributed by atoms with E-state index in [1.54, 1.807) is 0 Å². The average Bonchev–Trinajstić information content (AvgIpc) is 2.61. The first-order chi connectivity index (χ1) is 12.2. The molecule has 25 heavy (non-hydrogen) atoms. The predicted octanol–water partition coefficient (Wildman–Crippen LogP) is 7.01. The van der Waals surface area contributed by atoms with Gasteiger partial charge in [0.15, 0.2) is 0 Å². The molecule has 0 aliphatic rings. The van der Waals surface area contributed by atoms with Crippen LogP contribution in [0.3, 0.4) is 0 Å². The first kappa shape index (κ1) is 27.1. The molecule has 1 N–H and O–H groups in total. The second-order valence-corrected chi connectivity index (χ2v) is 7.68. The summed E-state index contributed by atoms with van der Waals surface area (Å²) >= 11 is 0. The largest absolute Gasteiger partial charge is 0.396 e. The van der Waals surface area contributed by atoms with Gasteiger partial charge in [-0.1, -0.05) is 110 Å². The maximum Gasteiger partial charge on any atom is 0.0431 e. The third kappa shape index (κ3) is 32.1. The first-order valence-electron chi connectivity index (χ1n) is 11.2. The van der Waals surface area contributed by atoms with Crippen LogP contribution in [-0.2, 0) is 0 Å². The number of nitrogens with zero attached hydrogens (tertiary/aromatic N) is 1. The minimum atomic E-state index is 0.208. The van der Waals surface area contributed by atoms with Gasteiger partial charge in [0.2, 0.25) is 0 Å². The van der Waals surface area contributed by atoms with Crippen LogP contribution in [0.2, 0.25) is 0 Å². The van der Waals surface area contributed by atoms with Gasteiger partial charge in [0.25, 0.3) is 0 Å². The van der Waals surface area contributed by atoms with Crippen molar-refractivity contribution in [3.8, 4) is 0 Å². The molecule has 0 heterocycles. The summed E-state index contributed by atoms with van der Waals surface area (Å²) in [5, 5.41) is 7.81. The number of aliphatic hydroxyl groups excluding tert-OH is 1. The van der Waals surface area contributed by atoms with E-state index in [4.69, 9.17) is 5.11 Å². The number of aliphatic hydroxyl groups is 1. The number of unbranched alkanes of at least 4 members (excludes halogenated alkanes) is 15. The Labute approximate surface area is 160 Å². The van der Waals surface area contributed by atoms with E-state index in [9.17, 15) is 0 Å². The van der Waals surface area contributed by atoms with Crippen molar-refractivity contribution < 1.29 is 5.11 Å². The molecule has 1 radical (unpaired) electrons. The fourth-order valence-corrected chi connectivity index (χ4v) is 2.98. The molecular formula is C23H50NO. The molecule has 0 fully saturated rings. The monoisotopic (exact) mass is 356 g/mol. The molecule has 0 amide bonds. The molecule has 0 bridgehead atoms. The summed E-state index contributed by atoms with van der Waals surface area (Å²) in [4.78, 5) is 2.30. The van der Waals surface area contributed by atoms with Gasteiger partial charge in [-0.15, -0.1) is 0 Å². The second-order valence-electron chi connectivity index (χ2n) is 7.68. The molecule has 0 aromatic carbocycles. The standard InChI is InChI=1S/C20H43N.C3H7O/c1-4-5-6-7-8-9-10-11-12-13-14-15-16-17-18-19-20-21(2)3;1-2-3-4/h4-20H2,1-3H3;4H,1-3H2. The molecule has 0 atom stereocenters. The molecular weight excluding hydrogens is 306 g/mol. The van der Waals surface area contributed by atoms with E-state index in [1.165, 1.54) is 109 Å². The van der Waals surface area contributed by atoms with Crippen molar-refractivity contribution >= 4 is 0 Å². The first-order valence-corrected chi connectivity index (χ1v) is 11.2. The summed E-state index contributed by atoms with van der Waals surface area (Å²) in [6.45, 7) is 7.12. The Balaban J connectivity index is 0. The summed E-state index contributed by atoms with van der Waals surface area (Å²) in [6, 6.07) is 0. The summed E-state index contributed by atoms with van der Waals surface area (Å²) in [6.07, 6.45) is 23.9. The van der Waals surface area contributed by atoms with Crippen molar-refractivity contribution in [3.63, 3.8) is 0 Å². The molecule has 0 rings (SSSR count). The zero-order chi connectivity index (χ0) is 19.0. The molecule has 0 aliphatic heterocycles. The van der Waals surface area contributed by atoms with Crippen LogP contribution in [0.5, 0.6) is 0 Å². The Hall–Kier alpha value is -0.0800. The number of rotatable bonds is 18. The SMILES string of the molecule is CCCCCCCCCCCCCCCCCCN(C)C.[CH2]CCO. The predicted molar refractivity (Wildman–Crippen MR) is 115 cm³/mol. The topological polar surface area (TPSA) is 23.5 Å².